The zero-order chi connectivity index (χ0) is 14.6. The van der Waals surface area contributed by atoms with Crippen LogP contribution in [0, 0.1) is 5.92 Å². The summed E-state index contributed by atoms with van der Waals surface area (Å²) < 4.78 is 26.9. The second-order valence-electron chi connectivity index (χ2n) is 5.29. The normalized spacial score (nSPS) is 11.9. The fraction of sp³-hybridized carbons (Fsp3) is 0.333. The van der Waals surface area contributed by atoms with Gasteiger partial charge in [0.2, 0.25) is 10.0 Å². The van der Waals surface area contributed by atoms with Crippen LogP contribution in [-0.2, 0) is 23.0 Å². The van der Waals surface area contributed by atoms with Crippen LogP contribution < -0.4 is 4.72 Å². The van der Waals surface area contributed by atoms with E-state index in [-0.39, 0.29) is 0 Å². The van der Waals surface area contributed by atoms with Crippen LogP contribution in [0.1, 0.15) is 25.0 Å². The van der Waals surface area contributed by atoms with Crippen LogP contribution in [0.25, 0.3) is 0 Å². The average molecular weight is 292 g/mol. The van der Waals surface area contributed by atoms with Crippen molar-refractivity contribution in [3.8, 4) is 0 Å². The van der Waals surface area contributed by atoms with Crippen molar-refractivity contribution in [2.45, 2.75) is 31.7 Å². The van der Waals surface area contributed by atoms with Gasteiger partial charge in [-0.25, -0.2) is 13.1 Å². The molecule has 0 amide bonds. The van der Waals surface area contributed by atoms with Crippen molar-refractivity contribution in [1.82, 2.24) is 9.71 Å². The van der Waals surface area contributed by atoms with E-state index in [9.17, 15) is 8.42 Å². The number of H-pyrrole nitrogens is 1. The number of aromatic nitrogens is 1. The van der Waals surface area contributed by atoms with E-state index in [2.05, 4.69) is 23.6 Å². The summed E-state index contributed by atoms with van der Waals surface area (Å²) in [7, 11) is -3.45. The number of benzene rings is 1. The molecule has 0 fully saturated rings. The molecular weight excluding hydrogens is 272 g/mol. The van der Waals surface area contributed by atoms with Crippen molar-refractivity contribution in [1.29, 1.82) is 0 Å². The van der Waals surface area contributed by atoms with Crippen LogP contribution in [0.15, 0.2) is 47.6 Å². The monoisotopic (exact) mass is 292 g/mol. The van der Waals surface area contributed by atoms with Gasteiger partial charge < -0.3 is 4.98 Å². The second kappa shape index (κ2) is 6.24. The molecule has 0 spiro atoms. The standard InChI is InChI=1S/C15H20N2O2S/c1-12(2)9-13-3-5-15(6-4-13)20(18,19)17-11-14-7-8-16-10-14/h3-8,10,12,16-17H,9,11H2,1-2H3. The van der Waals surface area contributed by atoms with Crippen molar-refractivity contribution >= 4 is 10.0 Å². The Bertz CT molecular complexity index is 629. The highest BCUT2D eigenvalue weighted by atomic mass is 32.2. The van der Waals surface area contributed by atoms with Gasteiger partial charge in [0.1, 0.15) is 0 Å². The summed E-state index contributed by atoms with van der Waals surface area (Å²) in [6, 6.07) is 8.93. The third-order valence-corrected chi connectivity index (χ3v) is 4.42. The molecule has 1 heterocycles. The Hall–Kier alpha value is -1.59. The van der Waals surface area contributed by atoms with Crippen LogP contribution in [-0.4, -0.2) is 13.4 Å². The third-order valence-electron chi connectivity index (χ3n) is 3.01. The van der Waals surface area contributed by atoms with Gasteiger partial charge in [-0.2, -0.15) is 0 Å². The predicted molar refractivity (Wildman–Crippen MR) is 79.8 cm³/mol. The average Bonchev–Trinajstić information content (AvgIpc) is 2.89. The molecule has 4 nitrogen and oxygen atoms in total. The molecule has 0 saturated heterocycles. The lowest BCUT2D eigenvalue weighted by Gasteiger charge is -2.08. The molecule has 2 rings (SSSR count). The molecule has 108 valence electrons. The molecule has 2 N–H and O–H groups in total. The molecule has 20 heavy (non-hydrogen) atoms. The van der Waals surface area contributed by atoms with Crippen LogP contribution in [0.3, 0.4) is 0 Å². The summed E-state index contributed by atoms with van der Waals surface area (Å²) in [6.07, 6.45) is 4.50. The summed E-state index contributed by atoms with van der Waals surface area (Å²) in [5.74, 6) is 0.559. The van der Waals surface area contributed by atoms with Gasteiger partial charge in [0.25, 0.3) is 0 Å². The van der Waals surface area contributed by atoms with E-state index in [1.54, 1.807) is 24.5 Å². The Morgan fingerprint density at radius 3 is 2.35 bits per heavy atom. The van der Waals surface area contributed by atoms with Crippen molar-refractivity contribution < 1.29 is 8.42 Å². The first-order valence-electron chi connectivity index (χ1n) is 6.67. The van der Waals surface area contributed by atoms with E-state index in [0.717, 1.165) is 17.5 Å². The predicted octanol–water partition coefficient (Wildman–Crippen LogP) is 2.69. The molecule has 2 aromatic rings. The number of aromatic amines is 1. The second-order valence-corrected chi connectivity index (χ2v) is 7.05. The molecular formula is C15H20N2O2S. The summed E-state index contributed by atoms with van der Waals surface area (Å²) >= 11 is 0. The number of hydrogen-bond donors (Lipinski definition) is 2. The molecule has 0 aliphatic carbocycles. The lowest BCUT2D eigenvalue weighted by atomic mass is 10.0. The molecule has 0 atom stereocenters. The van der Waals surface area contributed by atoms with Gasteiger partial charge in [0, 0.05) is 18.9 Å². The SMILES string of the molecule is CC(C)Cc1ccc(S(=O)(=O)NCc2cc[nH]c2)cc1. The smallest absolute Gasteiger partial charge is 0.240 e. The van der Waals surface area contributed by atoms with Gasteiger partial charge in [0.05, 0.1) is 4.90 Å². The third kappa shape index (κ3) is 3.95. The van der Waals surface area contributed by atoms with Gasteiger partial charge in [-0.15, -0.1) is 0 Å². The number of nitrogens with one attached hydrogen (secondary N) is 2. The lowest BCUT2D eigenvalue weighted by Crippen LogP contribution is -2.23. The maximum absolute atomic E-state index is 12.1. The number of rotatable bonds is 6. The molecule has 0 bridgehead atoms. The van der Waals surface area contributed by atoms with Crippen molar-refractivity contribution in [3.63, 3.8) is 0 Å². The minimum Gasteiger partial charge on any atom is -0.367 e. The topological polar surface area (TPSA) is 62.0 Å². The van der Waals surface area contributed by atoms with Crippen molar-refractivity contribution in [2.24, 2.45) is 5.92 Å². The molecule has 0 unspecified atom stereocenters. The molecule has 5 heteroatoms. The fourth-order valence-corrected chi connectivity index (χ4v) is 3.02. The first-order chi connectivity index (χ1) is 9.47. The van der Waals surface area contributed by atoms with E-state index in [1.165, 1.54) is 0 Å². The van der Waals surface area contributed by atoms with E-state index in [4.69, 9.17) is 0 Å². The zero-order valence-corrected chi connectivity index (χ0v) is 12.6. The molecule has 1 aromatic carbocycles. The van der Waals surface area contributed by atoms with E-state index in [0.29, 0.717) is 17.4 Å². The highest BCUT2D eigenvalue weighted by Crippen LogP contribution is 2.14. The maximum Gasteiger partial charge on any atom is 0.240 e. The fourth-order valence-electron chi connectivity index (χ4n) is 2.01. The first kappa shape index (κ1) is 14.8. The summed E-state index contributed by atoms with van der Waals surface area (Å²) in [4.78, 5) is 3.20. The first-order valence-corrected chi connectivity index (χ1v) is 8.16. The van der Waals surface area contributed by atoms with E-state index in [1.807, 2.05) is 18.2 Å². The maximum atomic E-state index is 12.1. The van der Waals surface area contributed by atoms with Gasteiger partial charge >= 0.3 is 0 Å². The Balaban J connectivity index is 2.05. The Labute approximate surface area is 120 Å². The summed E-state index contributed by atoms with van der Waals surface area (Å²) in [5, 5.41) is 0. The molecule has 0 aliphatic rings. The van der Waals surface area contributed by atoms with Crippen LogP contribution >= 0.6 is 0 Å². The van der Waals surface area contributed by atoms with Gasteiger partial charge in [-0.05, 0) is 41.7 Å². The highest BCUT2D eigenvalue weighted by Gasteiger charge is 2.13. The van der Waals surface area contributed by atoms with Gasteiger partial charge in [-0.1, -0.05) is 26.0 Å². The summed E-state index contributed by atoms with van der Waals surface area (Å²) in [6.45, 7) is 4.58. The summed E-state index contributed by atoms with van der Waals surface area (Å²) in [5.41, 5.74) is 2.06. The van der Waals surface area contributed by atoms with Gasteiger partial charge in [0.15, 0.2) is 0 Å². The molecule has 0 aliphatic heterocycles. The Morgan fingerprint density at radius 1 is 1.10 bits per heavy atom. The largest absolute Gasteiger partial charge is 0.367 e. The Kier molecular flexibility index (Phi) is 4.62. The van der Waals surface area contributed by atoms with E-state index < -0.39 is 10.0 Å². The van der Waals surface area contributed by atoms with E-state index >= 15 is 0 Å². The number of hydrogen-bond acceptors (Lipinski definition) is 2. The lowest BCUT2D eigenvalue weighted by molar-refractivity contribution is 0.581. The zero-order valence-electron chi connectivity index (χ0n) is 11.8. The Morgan fingerprint density at radius 2 is 1.80 bits per heavy atom. The van der Waals surface area contributed by atoms with Crippen LogP contribution in [0.2, 0.25) is 0 Å². The number of sulfonamides is 1. The minimum atomic E-state index is -3.45. The molecule has 0 saturated carbocycles. The van der Waals surface area contributed by atoms with Crippen LogP contribution in [0.4, 0.5) is 0 Å². The molecule has 1 aromatic heterocycles. The van der Waals surface area contributed by atoms with Crippen molar-refractivity contribution in [3.05, 3.63) is 53.9 Å². The van der Waals surface area contributed by atoms with Crippen LogP contribution in [0.5, 0.6) is 0 Å². The minimum absolute atomic E-state index is 0.291. The molecule has 0 radical (unpaired) electrons. The van der Waals surface area contributed by atoms with Gasteiger partial charge in [-0.3, -0.25) is 0 Å². The van der Waals surface area contributed by atoms with Crippen molar-refractivity contribution in [2.75, 3.05) is 0 Å². The quantitative estimate of drug-likeness (QED) is 0.860. The highest BCUT2D eigenvalue weighted by molar-refractivity contribution is 7.89.